The lowest BCUT2D eigenvalue weighted by molar-refractivity contribution is 0.675. The Balaban J connectivity index is 0.00000222. The number of anilines is 2. The summed E-state index contributed by atoms with van der Waals surface area (Å²) in [7, 11) is 1.98. The van der Waals surface area contributed by atoms with Crippen molar-refractivity contribution in [3.05, 3.63) is 53.1 Å². The van der Waals surface area contributed by atoms with Crippen molar-refractivity contribution in [2.75, 3.05) is 44.4 Å². The van der Waals surface area contributed by atoms with Crippen molar-refractivity contribution in [3.8, 4) is 0 Å². The molecule has 6 N–H and O–H groups in total. The SMILES string of the molecule is CC.CCCCN=C(CC1C=CC(CNC)=CC1)c1c(N)c(N)nc2cc(CCCNSC)ccc12. The molecule has 2 aromatic rings. The second-order valence-corrected chi connectivity index (χ2v) is 9.59. The van der Waals surface area contributed by atoms with Gasteiger partial charge in [-0.25, -0.2) is 4.98 Å². The van der Waals surface area contributed by atoms with E-state index in [2.05, 4.69) is 64.6 Å². The monoisotopic (exact) mass is 510 g/mol. The molecule has 1 atom stereocenters. The number of nitrogens with zero attached hydrogens (tertiary/aromatic N) is 2. The zero-order chi connectivity index (χ0) is 26.3. The van der Waals surface area contributed by atoms with Gasteiger partial charge in [-0.1, -0.05) is 69.5 Å². The van der Waals surface area contributed by atoms with Crippen LogP contribution in [0.3, 0.4) is 0 Å². The van der Waals surface area contributed by atoms with Gasteiger partial charge in [-0.2, -0.15) is 0 Å². The molecule has 6 nitrogen and oxygen atoms in total. The number of nitrogen functional groups attached to an aromatic ring is 2. The number of hydrogen-bond donors (Lipinski definition) is 4. The largest absolute Gasteiger partial charge is 0.395 e. The lowest BCUT2D eigenvalue weighted by Crippen LogP contribution is -2.16. The molecule has 1 aromatic heterocycles. The second-order valence-electron chi connectivity index (χ2n) is 8.89. The number of aryl methyl sites for hydroxylation is 1. The lowest BCUT2D eigenvalue weighted by Gasteiger charge is -2.20. The molecule has 1 aromatic carbocycles. The van der Waals surface area contributed by atoms with E-state index in [1.807, 2.05) is 20.9 Å². The van der Waals surface area contributed by atoms with Crippen LogP contribution in [0.25, 0.3) is 10.9 Å². The second kappa shape index (κ2) is 16.4. The Labute approximate surface area is 222 Å². The fourth-order valence-electron chi connectivity index (χ4n) is 4.34. The highest BCUT2D eigenvalue weighted by atomic mass is 32.2. The van der Waals surface area contributed by atoms with Gasteiger partial charge in [-0.15, -0.1) is 0 Å². The average molecular weight is 511 g/mol. The zero-order valence-electron chi connectivity index (χ0n) is 22.9. The van der Waals surface area contributed by atoms with E-state index < -0.39 is 0 Å². The summed E-state index contributed by atoms with van der Waals surface area (Å²) < 4.78 is 3.30. The first-order valence-corrected chi connectivity index (χ1v) is 14.6. The van der Waals surface area contributed by atoms with Gasteiger partial charge in [0.25, 0.3) is 0 Å². The average Bonchev–Trinajstić information content (AvgIpc) is 2.89. The Morgan fingerprint density at radius 1 is 1.22 bits per heavy atom. The van der Waals surface area contributed by atoms with E-state index in [1.165, 1.54) is 11.1 Å². The van der Waals surface area contributed by atoms with Gasteiger partial charge in [-0.05, 0) is 68.5 Å². The van der Waals surface area contributed by atoms with E-state index >= 15 is 0 Å². The molecule has 1 unspecified atom stereocenters. The molecule has 36 heavy (non-hydrogen) atoms. The summed E-state index contributed by atoms with van der Waals surface area (Å²) in [6, 6.07) is 6.51. The van der Waals surface area contributed by atoms with Crippen molar-refractivity contribution in [2.45, 2.75) is 59.3 Å². The van der Waals surface area contributed by atoms with Crippen LogP contribution in [-0.4, -0.2) is 43.6 Å². The Hall–Kier alpha value is -2.35. The van der Waals surface area contributed by atoms with Crippen molar-refractivity contribution in [3.63, 3.8) is 0 Å². The van der Waals surface area contributed by atoms with Gasteiger partial charge in [0.05, 0.1) is 11.2 Å². The highest BCUT2D eigenvalue weighted by Gasteiger charge is 2.20. The number of nitrogens with one attached hydrogen (secondary N) is 2. The Kier molecular flexibility index (Phi) is 13.6. The molecule has 0 fully saturated rings. The minimum atomic E-state index is 0.391. The van der Waals surface area contributed by atoms with Crippen LogP contribution in [-0.2, 0) is 6.42 Å². The quantitative estimate of drug-likeness (QED) is 0.151. The normalized spacial score (nSPS) is 15.5. The van der Waals surface area contributed by atoms with E-state index in [9.17, 15) is 0 Å². The summed E-state index contributed by atoms with van der Waals surface area (Å²) in [6.45, 7) is 8.87. The van der Waals surface area contributed by atoms with Gasteiger partial charge in [0.2, 0.25) is 0 Å². The van der Waals surface area contributed by atoms with E-state index in [0.29, 0.717) is 17.4 Å². The number of unbranched alkanes of at least 4 members (excludes halogenated alkanes) is 1. The third kappa shape index (κ3) is 8.64. The fraction of sp³-hybridized carbons (Fsp3) is 0.517. The Morgan fingerprint density at radius 3 is 2.69 bits per heavy atom. The molecule has 3 rings (SSSR count). The molecule has 0 spiro atoms. The molecule has 1 aliphatic carbocycles. The van der Waals surface area contributed by atoms with Crippen molar-refractivity contribution < 1.29 is 0 Å². The highest BCUT2D eigenvalue weighted by Crippen LogP contribution is 2.32. The summed E-state index contributed by atoms with van der Waals surface area (Å²) >= 11 is 1.66. The summed E-state index contributed by atoms with van der Waals surface area (Å²) in [5, 5.41) is 4.27. The van der Waals surface area contributed by atoms with E-state index in [-0.39, 0.29) is 0 Å². The van der Waals surface area contributed by atoms with Crippen LogP contribution in [0.4, 0.5) is 11.5 Å². The standard InChI is InChI=1S/C27H40N6S.C2H6/c1-4-5-14-31-24(17-20-8-10-21(11-9-20)18-30-2)25-22-13-12-19(7-6-15-32-34-3)16-23(22)33-27(29)26(25)28;1-2/h8,10-13,16,20,30,32H,4-7,9,14-15,17-18,28H2,1-3H3,(H2,29,33);1-2H3. The Morgan fingerprint density at radius 2 is 2.03 bits per heavy atom. The van der Waals surface area contributed by atoms with E-state index in [1.54, 1.807) is 11.9 Å². The molecular weight excluding hydrogens is 464 g/mol. The van der Waals surface area contributed by atoms with Gasteiger partial charge in [-0.3, -0.25) is 9.71 Å². The maximum Gasteiger partial charge on any atom is 0.148 e. The number of hydrogen-bond acceptors (Lipinski definition) is 7. The van der Waals surface area contributed by atoms with Gasteiger partial charge in [0.1, 0.15) is 5.82 Å². The summed E-state index contributed by atoms with van der Waals surface area (Å²) in [5.74, 6) is 0.787. The van der Waals surface area contributed by atoms with Crippen molar-refractivity contribution >= 4 is 40.1 Å². The maximum absolute atomic E-state index is 6.56. The van der Waals surface area contributed by atoms with Crippen LogP contribution >= 0.6 is 11.9 Å². The van der Waals surface area contributed by atoms with Crippen LogP contribution < -0.4 is 21.5 Å². The Bertz CT molecular complexity index is 1040. The smallest absolute Gasteiger partial charge is 0.148 e. The molecule has 7 heteroatoms. The van der Waals surface area contributed by atoms with E-state index in [0.717, 1.165) is 80.3 Å². The van der Waals surface area contributed by atoms with Crippen molar-refractivity contribution in [1.82, 2.24) is 15.0 Å². The van der Waals surface area contributed by atoms with Gasteiger partial charge in [0, 0.05) is 36.3 Å². The summed E-state index contributed by atoms with van der Waals surface area (Å²) in [6.07, 6.45) is 15.0. The van der Waals surface area contributed by atoms with Gasteiger partial charge in [0.15, 0.2) is 0 Å². The molecule has 0 aliphatic heterocycles. The number of aromatic nitrogens is 1. The van der Waals surface area contributed by atoms with Gasteiger partial charge < -0.3 is 16.8 Å². The molecule has 0 radical (unpaired) electrons. The third-order valence-corrected chi connectivity index (χ3v) is 6.70. The molecule has 1 heterocycles. The summed E-state index contributed by atoms with van der Waals surface area (Å²) in [5.41, 5.74) is 18.9. The molecule has 0 bridgehead atoms. The number of nitrogens with two attached hydrogens (primary N) is 2. The lowest BCUT2D eigenvalue weighted by atomic mass is 9.88. The van der Waals surface area contributed by atoms with Crippen LogP contribution in [0.15, 0.2) is 47.0 Å². The first kappa shape index (κ1) is 29.9. The fourth-order valence-corrected chi connectivity index (χ4v) is 4.69. The first-order chi connectivity index (χ1) is 17.6. The minimum Gasteiger partial charge on any atom is -0.395 e. The topological polar surface area (TPSA) is 101 Å². The molecule has 0 saturated carbocycles. The minimum absolute atomic E-state index is 0.391. The number of allylic oxidation sites excluding steroid dienone is 2. The molecule has 198 valence electrons. The summed E-state index contributed by atoms with van der Waals surface area (Å²) in [4.78, 5) is 9.70. The highest BCUT2D eigenvalue weighted by molar-refractivity contribution is 7.96. The van der Waals surface area contributed by atoms with Crippen molar-refractivity contribution in [2.24, 2.45) is 10.9 Å². The number of likely N-dealkylation sites (N-methyl/N-ethyl adjacent to an activating group) is 1. The first-order valence-electron chi connectivity index (χ1n) is 13.4. The zero-order valence-corrected chi connectivity index (χ0v) is 23.7. The van der Waals surface area contributed by atoms with E-state index in [4.69, 9.17) is 16.5 Å². The number of benzene rings is 1. The van der Waals surface area contributed by atoms with Crippen LogP contribution in [0.5, 0.6) is 0 Å². The predicted molar refractivity (Wildman–Crippen MR) is 162 cm³/mol. The third-order valence-electron chi connectivity index (χ3n) is 6.21. The number of fused-ring (bicyclic) bond motifs is 1. The maximum atomic E-state index is 6.56. The van der Waals surface area contributed by atoms with Crippen LogP contribution in [0.1, 0.15) is 64.0 Å². The number of aliphatic imine (C=N–C) groups is 1. The molecule has 0 amide bonds. The molecular formula is C29H46N6S. The van der Waals surface area contributed by atoms with Gasteiger partial charge >= 0.3 is 0 Å². The number of pyridine rings is 1. The van der Waals surface area contributed by atoms with Crippen LogP contribution in [0, 0.1) is 5.92 Å². The molecule has 1 aliphatic rings. The van der Waals surface area contributed by atoms with Crippen molar-refractivity contribution in [1.29, 1.82) is 0 Å². The number of rotatable bonds is 13. The predicted octanol–water partition coefficient (Wildman–Crippen LogP) is 5.93. The molecule has 0 saturated heterocycles. The van der Waals surface area contributed by atoms with Crippen LogP contribution in [0.2, 0.25) is 0 Å².